The van der Waals surface area contributed by atoms with Gasteiger partial charge < -0.3 is 0 Å². The Bertz CT molecular complexity index is 377. The average Bonchev–Trinajstić information content (AvgIpc) is 2.40. The SMILES string of the molecule is CSC(C)(C)CC1=CC(=O)N(C(C)(C)C)C1=O. The van der Waals surface area contributed by atoms with Gasteiger partial charge in [-0.3, -0.25) is 14.5 Å². The number of hydrogen-bond donors (Lipinski definition) is 0. The third kappa shape index (κ3) is 3.12. The molecule has 1 aliphatic heterocycles. The lowest BCUT2D eigenvalue weighted by molar-refractivity contribution is -0.142. The van der Waals surface area contributed by atoms with Crippen molar-refractivity contribution in [1.29, 1.82) is 0 Å². The summed E-state index contributed by atoms with van der Waals surface area (Å²) in [6, 6.07) is 0. The number of carbonyl (C=O) groups excluding carboxylic acids is 2. The monoisotopic (exact) mass is 255 g/mol. The minimum Gasteiger partial charge on any atom is -0.270 e. The van der Waals surface area contributed by atoms with E-state index in [1.54, 1.807) is 11.8 Å². The molecule has 0 atom stereocenters. The summed E-state index contributed by atoms with van der Waals surface area (Å²) in [6.07, 6.45) is 4.14. The molecule has 0 radical (unpaired) electrons. The number of hydrogen-bond acceptors (Lipinski definition) is 3. The maximum Gasteiger partial charge on any atom is 0.257 e. The summed E-state index contributed by atoms with van der Waals surface area (Å²) in [4.78, 5) is 25.4. The maximum atomic E-state index is 12.2. The second kappa shape index (κ2) is 4.48. The Morgan fingerprint density at radius 3 is 2.06 bits per heavy atom. The van der Waals surface area contributed by atoms with E-state index in [0.29, 0.717) is 12.0 Å². The molecule has 3 nitrogen and oxygen atoms in total. The van der Waals surface area contributed by atoms with E-state index in [4.69, 9.17) is 0 Å². The lowest BCUT2D eigenvalue weighted by atomic mass is 10.0. The van der Waals surface area contributed by atoms with Crippen LogP contribution < -0.4 is 0 Å². The lowest BCUT2D eigenvalue weighted by Crippen LogP contribution is -2.46. The van der Waals surface area contributed by atoms with Crippen molar-refractivity contribution >= 4 is 23.6 Å². The van der Waals surface area contributed by atoms with Gasteiger partial charge in [-0.25, -0.2) is 0 Å². The molecule has 0 saturated carbocycles. The van der Waals surface area contributed by atoms with Crippen LogP contribution in [-0.4, -0.2) is 33.3 Å². The highest BCUT2D eigenvalue weighted by molar-refractivity contribution is 7.99. The minimum atomic E-state index is -0.448. The first-order valence-electron chi connectivity index (χ1n) is 5.73. The van der Waals surface area contributed by atoms with Gasteiger partial charge in [-0.05, 0) is 33.4 Å². The third-order valence-corrected chi connectivity index (χ3v) is 4.08. The van der Waals surface area contributed by atoms with Crippen molar-refractivity contribution in [3.05, 3.63) is 11.6 Å². The number of thioether (sulfide) groups is 1. The summed E-state index contributed by atoms with van der Waals surface area (Å²) in [5.74, 6) is -0.320. The second-order valence-electron chi connectivity index (χ2n) is 5.96. The summed E-state index contributed by atoms with van der Waals surface area (Å²) >= 11 is 1.70. The van der Waals surface area contributed by atoms with Crippen LogP contribution in [0.5, 0.6) is 0 Å². The first-order valence-corrected chi connectivity index (χ1v) is 6.95. The number of nitrogens with zero attached hydrogens (tertiary/aromatic N) is 1. The minimum absolute atomic E-state index is 0.0182. The fourth-order valence-corrected chi connectivity index (χ4v) is 2.11. The molecule has 0 aromatic heterocycles. The summed E-state index contributed by atoms with van der Waals surface area (Å²) in [5, 5.41) is 0. The van der Waals surface area contributed by atoms with E-state index >= 15 is 0 Å². The van der Waals surface area contributed by atoms with Crippen LogP contribution in [-0.2, 0) is 9.59 Å². The lowest BCUT2D eigenvalue weighted by Gasteiger charge is -2.30. The van der Waals surface area contributed by atoms with Gasteiger partial charge in [-0.15, -0.1) is 0 Å². The Hall–Kier alpha value is -0.770. The number of imide groups is 1. The molecule has 0 unspecified atom stereocenters. The summed E-state index contributed by atoms with van der Waals surface area (Å²) in [6.45, 7) is 9.78. The maximum absolute atomic E-state index is 12.2. The molecule has 0 saturated heterocycles. The van der Waals surface area contributed by atoms with Crippen molar-refractivity contribution in [1.82, 2.24) is 4.90 Å². The Balaban J connectivity index is 2.91. The molecule has 1 aliphatic rings. The Labute approximate surface area is 108 Å². The van der Waals surface area contributed by atoms with E-state index in [1.807, 2.05) is 27.0 Å². The molecule has 0 spiro atoms. The van der Waals surface area contributed by atoms with E-state index in [-0.39, 0.29) is 16.6 Å². The van der Waals surface area contributed by atoms with E-state index in [1.165, 1.54) is 11.0 Å². The Morgan fingerprint density at radius 1 is 1.18 bits per heavy atom. The van der Waals surface area contributed by atoms with E-state index in [2.05, 4.69) is 13.8 Å². The van der Waals surface area contributed by atoms with Crippen LogP contribution in [0.25, 0.3) is 0 Å². The van der Waals surface area contributed by atoms with Crippen LogP contribution in [0, 0.1) is 0 Å². The van der Waals surface area contributed by atoms with Crippen LogP contribution in [0.2, 0.25) is 0 Å². The molecule has 0 N–H and O–H groups in total. The van der Waals surface area contributed by atoms with Gasteiger partial charge in [0.25, 0.3) is 11.8 Å². The van der Waals surface area contributed by atoms with Crippen molar-refractivity contribution < 1.29 is 9.59 Å². The van der Waals surface area contributed by atoms with Crippen LogP contribution >= 0.6 is 11.8 Å². The average molecular weight is 255 g/mol. The summed E-state index contributed by atoms with van der Waals surface area (Å²) < 4.78 is -0.0182. The molecule has 0 aliphatic carbocycles. The van der Waals surface area contributed by atoms with Gasteiger partial charge in [0.05, 0.1) is 0 Å². The Kier molecular flexibility index (Phi) is 3.77. The highest BCUT2D eigenvalue weighted by atomic mass is 32.2. The predicted octanol–water partition coefficient (Wildman–Crippen LogP) is 2.61. The standard InChI is InChI=1S/C13H21NO2S/c1-12(2,3)14-10(15)7-9(11(14)16)8-13(4,5)17-6/h7H,8H2,1-6H3. The highest BCUT2D eigenvalue weighted by Crippen LogP contribution is 2.33. The van der Waals surface area contributed by atoms with Crippen LogP contribution in [0.4, 0.5) is 0 Å². The predicted molar refractivity (Wildman–Crippen MR) is 71.9 cm³/mol. The van der Waals surface area contributed by atoms with Crippen molar-refractivity contribution in [2.24, 2.45) is 0 Å². The van der Waals surface area contributed by atoms with E-state index < -0.39 is 5.54 Å². The molecule has 1 heterocycles. The molecule has 1 rings (SSSR count). The quantitative estimate of drug-likeness (QED) is 0.727. The molecule has 96 valence electrons. The summed E-state index contributed by atoms with van der Waals surface area (Å²) in [5.41, 5.74) is 0.180. The third-order valence-electron chi connectivity index (χ3n) is 2.84. The highest BCUT2D eigenvalue weighted by Gasteiger charge is 2.39. The zero-order valence-corrected chi connectivity index (χ0v) is 12.3. The zero-order valence-electron chi connectivity index (χ0n) is 11.5. The van der Waals surface area contributed by atoms with Gasteiger partial charge >= 0.3 is 0 Å². The Morgan fingerprint density at radius 2 is 1.71 bits per heavy atom. The van der Waals surface area contributed by atoms with Gasteiger partial charge in [-0.2, -0.15) is 11.8 Å². The van der Waals surface area contributed by atoms with E-state index in [9.17, 15) is 9.59 Å². The largest absolute Gasteiger partial charge is 0.270 e. The van der Waals surface area contributed by atoms with Gasteiger partial charge in [0, 0.05) is 21.9 Å². The molecule has 0 aromatic rings. The molecule has 0 bridgehead atoms. The van der Waals surface area contributed by atoms with Gasteiger partial charge in [0.1, 0.15) is 0 Å². The van der Waals surface area contributed by atoms with Crippen molar-refractivity contribution in [2.75, 3.05) is 6.26 Å². The van der Waals surface area contributed by atoms with Crippen molar-refractivity contribution in [2.45, 2.75) is 51.3 Å². The second-order valence-corrected chi connectivity index (χ2v) is 7.47. The van der Waals surface area contributed by atoms with Crippen LogP contribution in [0.1, 0.15) is 41.0 Å². The first-order chi connectivity index (χ1) is 7.58. The smallest absolute Gasteiger partial charge is 0.257 e. The number of rotatable bonds is 3. The van der Waals surface area contributed by atoms with E-state index in [0.717, 1.165) is 0 Å². The molecular formula is C13H21NO2S. The summed E-state index contributed by atoms with van der Waals surface area (Å²) in [7, 11) is 0. The molecular weight excluding hydrogens is 234 g/mol. The van der Waals surface area contributed by atoms with Crippen LogP contribution in [0.15, 0.2) is 11.6 Å². The fourth-order valence-electron chi connectivity index (χ4n) is 1.81. The van der Waals surface area contributed by atoms with Crippen molar-refractivity contribution in [3.63, 3.8) is 0 Å². The first kappa shape index (κ1) is 14.3. The molecule has 4 heteroatoms. The molecule has 0 fully saturated rings. The van der Waals surface area contributed by atoms with Gasteiger partial charge in [0.15, 0.2) is 0 Å². The van der Waals surface area contributed by atoms with Crippen LogP contribution in [0.3, 0.4) is 0 Å². The number of carbonyl (C=O) groups is 2. The molecule has 17 heavy (non-hydrogen) atoms. The molecule has 2 amide bonds. The zero-order chi connectivity index (χ0) is 13.4. The molecule has 0 aromatic carbocycles. The van der Waals surface area contributed by atoms with Gasteiger partial charge in [0.2, 0.25) is 0 Å². The number of amides is 2. The fraction of sp³-hybridized carbons (Fsp3) is 0.692. The normalized spacial score (nSPS) is 17.8. The topological polar surface area (TPSA) is 37.4 Å². The van der Waals surface area contributed by atoms with Crippen molar-refractivity contribution in [3.8, 4) is 0 Å². The van der Waals surface area contributed by atoms with Gasteiger partial charge in [-0.1, -0.05) is 13.8 Å².